The third-order valence-electron chi connectivity index (χ3n) is 5.10. The molecule has 0 aromatic heterocycles. The lowest BCUT2D eigenvalue weighted by Crippen LogP contribution is -2.49. The van der Waals surface area contributed by atoms with Crippen molar-refractivity contribution in [2.45, 2.75) is 47.0 Å². The van der Waals surface area contributed by atoms with Crippen molar-refractivity contribution in [1.29, 1.82) is 0 Å². The van der Waals surface area contributed by atoms with Crippen LogP contribution < -0.4 is 0 Å². The first-order valence-corrected chi connectivity index (χ1v) is 5.90. The maximum absolute atomic E-state index is 2.47. The summed E-state index contributed by atoms with van der Waals surface area (Å²) in [7, 11) is 0. The van der Waals surface area contributed by atoms with Gasteiger partial charge in [-0.2, -0.15) is 0 Å². The van der Waals surface area contributed by atoms with Crippen molar-refractivity contribution >= 4 is 0 Å². The first kappa shape index (κ1) is 8.76. The molecule has 0 heterocycles. The molecule has 0 spiro atoms. The van der Waals surface area contributed by atoms with E-state index in [1.165, 1.54) is 19.3 Å². The standard InChI is InChI=1S/C14H20/c1-8-5-9(2)13-11(8)6-10-7-12(13)14(10,3)4/h10,12H,5-7H2,1-4H3/t10-,12+/m0/s1. The van der Waals surface area contributed by atoms with Crippen LogP contribution in [0.2, 0.25) is 0 Å². The summed E-state index contributed by atoms with van der Waals surface area (Å²) in [5.41, 5.74) is 7.47. The average Bonchev–Trinajstić information content (AvgIpc) is 2.43. The summed E-state index contributed by atoms with van der Waals surface area (Å²) < 4.78 is 0. The number of rotatable bonds is 0. The zero-order chi connectivity index (χ0) is 10.1. The summed E-state index contributed by atoms with van der Waals surface area (Å²) in [4.78, 5) is 0. The molecule has 4 aliphatic carbocycles. The Morgan fingerprint density at radius 3 is 2.50 bits per heavy atom. The normalized spacial score (nSPS) is 38.6. The SMILES string of the molecule is CC1=C2C[C@H]3C[C@H](C2=C(C)C1)C3(C)C. The maximum atomic E-state index is 2.47. The van der Waals surface area contributed by atoms with Gasteiger partial charge in [0.1, 0.15) is 0 Å². The Bertz CT molecular complexity index is 365. The van der Waals surface area contributed by atoms with E-state index in [2.05, 4.69) is 27.7 Å². The summed E-state index contributed by atoms with van der Waals surface area (Å²) >= 11 is 0. The van der Waals surface area contributed by atoms with Crippen LogP contribution >= 0.6 is 0 Å². The fraction of sp³-hybridized carbons (Fsp3) is 0.714. The minimum absolute atomic E-state index is 0.602. The van der Waals surface area contributed by atoms with Crippen LogP contribution in [0.1, 0.15) is 47.0 Å². The van der Waals surface area contributed by atoms with Gasteiger partial charge in [-0.25, -0.2) is 0 Å². The van der Waals surface area contributed by atoms with Gasteiger partial charge >= 0.3 is 0 Å². The van der Waals surface area contributed by atoms with Crippen LogP contribution in [0.25, 0.3) is 0 Å². The molecule has 0 aromatic carbocycles. The molecule has 0 radical (unpaired) electrons. The van der Waals surface area contributed by atoms with Crippen molar-refractivity contribution in [3.8, 4) is 0 Å². The van der Waals surface area contributed by atoms with Crippen molar-refractivity contribution in [2.75, 3.05) is 0 Å². The van der Waals surface area contributed by atoms with Crippen molar-refractivity contribution in [1.82, 2.24) is 0 Å². The first-order valence-electron chi connectivity index (χ1n) is 5.90. The van der Waals surface area contributed by atoms with Crippen LogP contribution in [0.5, 0.6) is 0 Å². The molecule has 0 aromatic rings. The van der Waals surface area contributed by atoms with E-state index in [0.29, 0.717) is 5.41 Å². The van der Waals surface area contributed by atoms with Crippen LogP contribution in [0, 0.1) is 17.3 Å². The zero-order valence-corrected chi connectivity index (χ0v) is 9.78. The topological polar surface area (TPSA) is 0 Å². The van der Waals surface area contributed by atoms with Gasteiger partial charge in [-0.15, -0.1) is 0 Å². The molecule has 3 saturated carbocycles. The third kappa shape index (κ3) is 0.809. The molecule has 4 aliphatic rings. The van der Waals surface area contributed by atoms with Crippen molar-refractivity contribution < 1.29 is 0 Å². The molecule has 0 aliphatic heterocycles. The second kappa shape index (κ2) is 2.35. The highest BCUT2D eigenvalue weighted by atomic mass is 14.6. The molecule has 0 amide bonds. The second-order valence-corrected chi connectivity index (χ2v) is 6.14. The lowest BCUT2D eigenvalue weighted by atomic mass is 9.46. The third-order valence-corrected chi connectivity index (χ3v) is 5.10. The molecule has 2 bridgehead atoms. The molecule has 0 unspecified atom stereocenters. The van der Waals surface area contributed by atoms with Gasteiger partial charge in [0.05, 0.1) is 0 Å². The Morgan fingerprint density at radius 2 is 1.86 bits per heavy atom. The highest BCUT2D eigenvalue weighted by Crippen LogP contribution is 2.65. The van der Waals surface area contributed by atoms with E-state index in [0.717, 1.165) is 11.8 Å². The predicted octanol–water partition coefficient (Wildman–Crippen LogP) is 4.09. The number of allylic oxidation sites excluding steroid dienone is 4. The monoisotopic (exact) mass is 188 g/mol. The largest absolute Gasteiger partial charge is 0.0658 e. The van der Waals surface area contributed by atoms with E-state index < -0.39 is 0 Å². The number of hydrogen-bond donors (Lipinski definition) is 0. The molecular weight excluding hydrogens is 168 g/mol. The second-order valence-electron chi connectivity index (χ2n) is 6.14. The molecule has 76 valence electrons. The minimum atomic E-state index is 0.602. The van der Waals surface area contributed by atoms with Crippen molar-refractivity contribution in [2.24, 2.45) is 17.3 Å². The molecule has 0 saturated heterocycles. The van der Waals surface area contributed by atoms with Gasteiger partial charge in [-0.3, -0.25) is 0 Å². The number of hydrogen-bond acceptors (Lipinski definition) is 0. The van der Waals surface area contributed by atoms with Gasteiger partial charge in [0.25, 0.3) is 0 Å². The summed E-state index contributed by atoms with van der Waals surface area (Å²) in [6, 6.07) is 0. The molecule has 14 heavy (non-hydrogen) atoms. The smallest absolute Gasteiger partial charge is 0.0102 e. The highest BCUT2D eigenvalue weighted by molar-refractivity contribution is 5.52. The fourth-order valence-corrected chi connectivity index (χ4v) is 3.98. The van der Waals surface area contributed by atoms with Gasteiger partial charge in [-0.1, -0.05) is 25.0 Å². The summed E-state index contributed by atoms with van der Waals surface area (Å²) in [5.74, 6) is 1.88. The summed E-state index contributed by atoms with van der Waals surface area (Å²) in [5, 5.41) is 0. The quantitative estimate of drug-likeness (QED) is 0.537. The van der Waals surface area contributed by atoms with Crippen LogP contribution in [-0.2, 0) is 0 Å². The van der Waals surface area contributed by atoms with Crippen LogP contribution in [0.3, 0.4) is 0 Å². The fourth-order valence-electron chi connectivity index (χ4n) is 3.98. The molecule has 4 rings (SSSR count). The molecule has 0 N–H and O–H groups in total. The molecular formula is C14H20. The lowest BCUT2D eigenvalue weighted by Gasteiger charge is -2.58. The molecule has 3 fully saturated rings. The Labute approximate surface area is 87.1 Å². The lowest BCUT2D eigenvalue weighted by molar-refractivity contribution is -0.0114. The van der Waals surface area contributed by atoms with Gasteiger partial charge in [0, 0.05) is 0 Å². The van der Waals surface area contributed by atoms with E-state index >= 15 is 0 Å². The van der Waals surface area contributed by atoms with E-state index in [1.54, 1.807) is 22.3 Å². The minimum Gasteiger partial charge on any atom is -0.0658 e. The van der Waals surface area contributed by atoms with Gasteiger partial charge in [0.2, 0.25) is 0 Å². The Hall–Kier alpha value is -0.520. The average molecular weight is 188 g/mol. The van der Waals surface area contributed by atoms with E-state index in [4.69, 9.17) is 0 Å². The van der Waals surface area contributed by atoms with E-state index in [9.17, 15) is 0 Å². The maximum Gasteiger partial charge on any atom is -0.0102 e. The van der Waals surface area contributed by atoms with E-state index in [-0.39, 0.29) is 0 Å². The van der Waals surface area contributed by atoms with Gasteiger partial charge in [0.15, 0.2) is 0 Å². The Morgan fingerprint density at radius 1 is 1.14 bits per heavy atom. The van der Waals surface area contributed by atoms with Crippen molar-refractivity contribution in [3.63, 3.8) is 0 Å². The van der Waals surface area contributed by atoms with Gasteiger partial charge < -0.3 is 0 Å². The summed E-state index contributed by atoms with van der Waals surface area (Å²) in [6.07, 6.45) is 4.11. The van der Waals surface area contributed by atoms with E-state index in [1.807, 2.05) is 0 Å². The Balaban J connectivity index is 2.09. The van der Waals surface area contributed by atoms with Crippen LogP contribution in [0.4, 0.5) is 0 Å². The molecule has 0 heteroatoms. The molecule has 2 atom stereocenters. The predicted molar refractivity (Wildman–Crippen MR) is 60.0 cm³/mol. The van der Waals surface area contributed by atoms with Crippen molar-refractivity contribution in [3.05, 3.63) is 22.3 Å². The summed E-state index contributed by atoms with van der Waals surface area (Å²) in [6.45, 7) is 9.62. The van der Waals surface area contributed by atoms with Crippen LogP contribution in [-0.4, -0.2) is 0 Å². The Kier molecular flexibility index (Phi) is 1.47. The van der Waals surface area contributed by atoms with Crippen LogP contribution in [0.15, 0.2) is 22.3 Å². The zero-order valence-electron chi connectivity index (χ0n) is 9.78. The molecule has 0 nitrogen and oxygen atoms in total. The van der Waals surface area contributed by atoms with Gasteiger partial charge in [-0.05, 0) is 61.5 Å². The highest BCUT2D eigenvalue weighted by Gasteiger charge is 2.55. The first-order chi connectivity index (χ1) is 6.51.